The Morgan fingerprint density at radius 1 is 1.15 bits per heavy atom. The SMILES string of the molecule is COc1ccc(C(N)C2CCC3(CC2)OCCO3)cc1. The lowest BCUT2D eigenvalue weighted by molar-refractivity contribution is -0.183. The van der Waals surface area contributed by atoms with Crippen LogP contribution in [-0.4, -0.2) is 26.1 Å². The monoisotopic (exact) mass is 277 g/mol. The van der Waals surface area contributed by atoms with Gasteiger partial charge in [0.25, 0.3) is 0 Å². The predicted molar refractivity (Wildman–Crippen MR) is 76.5 cm³/mol. The number of hydrogen-bond acceptors (Lipinski definition) is 4. The van der Waals surface area contributed by atoms with Crippen molar-refractivity contribution < 1.29 is 14.2 Å². The molecular formula is C16H23NO3. The van der Waals surface area contributed by atoms with E-state index >= 15 is 0 Å². The molecule has 0 amide bonds. The molecule has 1 aliphatic carbocycles. The zero-order chi connectivity index (χ0) is 14.0. The lowest BCUT2D eigenvalue weighted by Gasteiger charge is -2.37. The Hall–Kier alpha value is -1.10. The van der Waals surface area contributed by atoms with Crippen LogP contribution in [0.25, 0.3) is 0 Å². The topological polar surface area (TPSA) is 53.7 Å². The summed E-state index contributed by atoms with van der Waals surface area (Å²) in [6.07, 6.45) is 4.05. The fourth-order valence-electron chi connectivity index (χ4n) is 3.32. The van der Waals surface area contributed by atoms with Crippen LogP contribution in [0.3, 0.4) is 0 Å². The van der Waals surface area contributed by atoms with E-state index in [9.17, 15) is 0 Å². The van der Waals surface area contributed by atoms with Crippen molar-refractivity contribution in [3.05, 3.63) is 29.8 Å². The Balaban J connectivity index is 1.61. The Kier molecular flexibility index (Phi) is 3.96. The van der Waals surface area contributed by atoms with Crippen LogP contribution in [0.2, 0.25) is 0 Å². The molecule has 4 nitrogen and oxygen atoms in total. The van der Waals surface area contributed by atoms with Gasteiger partial charge in [0.1, 0.15) is 5.75 Å². The molecule has 20 heavy (non-hydrogen) atoms. The standard InChI is InChI=1S/C16H23NO3/c1-18-14-4-2-12(3-5-14)15(17)13-6-8-16(9-7-13)19-10-11-20-16/h2-5,13,15H,6-11,17H2,1H3. The predicted octanol–water partition coefficient (Wildman–Crippen LogP) is 2.63. The third-order valence-electron chi connectivity index (χ3n) is 4.61. The summed E-state index contributed by atoms with van der Waals surface area (Å²) in [4.78, 5) is 0. The van der Waals surface area contributed by atoms with Gasteiger partial charge >= 0.3 is 0 Å². The molecule has 1 saturated heterocycles. The maximum atomic E-state index is 6.43. The second kappa shape index (κ2) is 5.72. The lowest BCUT2D eigenvalue weighted by Crippen LogP contribution is -2.37. The van der Waals surface area contributed by atoms with Crippen molar-refractivity contribution >= 4 is 0 Å². The average Bonchev–Trinajstić information content (AvgIpc) is 2.96. The Morgan fingerprint density at radius 2 is 1.75 bits per heavy atom. The van der Waals surface area contributed by atoms with Gasteiger partial charge < -0.3 is 19.9 Å². The van der Waals surface area contributed by atoms with Crippen LogP contribution < -0.4 is 10.5 Å². The largest absolute Gasteiger partial charge is 0.497 e. The van der Waals surface area contributed by atoms with Gasteiger partial charge in [0.2, 0.25) is 0 Å². The molecular weight excluding hydrogens is 254 g/mol. The first kappa shape index (κ1) is 13.9. The van der Waals surface area contributed by atoms with E-state index in [4.69, 9.17) is 19.9 Å². The maximum Gasteiger partial charge on any atom is 0.168 e. The first-order chi connectivity index (χ1) is 9.72. The molecule has 1 saturated carbocycles. The van der Waals surface area contributed by atoms with Gasteiger partial charge in [-0.05, 0) is 36.5 Å². The molecule has 1 unspecified atom stereocenters. The smallest absolute Gasteiger partial charge is 0.168 e. The molecule has 3 rings (SSSR count). The number of methoxy groups -OCH3 is 1. The zero-order valence-corrected chi connectivity index (χ0v) is 12.0. The summed E-state index contributed by atoms with van der Waals surface area (Å²) in [5.41, 5.74) is 7.61. The van der Waals surface area contributed by atoms with Crippen molar-refractivity contribution in [2.75, 3.05) is 20.3 Å². The lowest BCUT2D eigenvalue weighted by atomic mass is 9.79. The summed E-state index contributed by atoms with van der Waals surface area (Å²) in [6, 6.07) is 8.16. The van der Waals surface area contributed by atoms with Gasteiger partial charge in [0.15, 0.2) is 5.79 Å². The molecule has 0 aromatic heterocycles. The summed E-state index contributed by atoms with van der Waals surface area (Å²) in [6.45, 7) is 1.46. The highest BCUT2D eigenvalue weighted by atomic mass is 16.7. The van der Waals surface area contributed by atoms with Gasteiger partial charge in [0.05, 0.1) is 20.3 Å². The zero-order valence-electron chi connectivity index (χ0n) is 12.0. The molecule has 4 heteroatoms. The molecule has 1 aliphatic heterocycles. The van der Waals surface area contributed by atoms with Crippen LogP contribution in [0.1, 0.15) is 37.3 Å². The van der Waals surface area contributed by atoms with Crippen LogP contribution in [0, 0.1) is 5.92 Å². The highest BCUT2D eigenvalue weighted by Crippen LogP contribution is 2.42. The van der Waals surface area contributed by atoms with Crippen molar-refractivity contribution in [1.82, 2.24) is 0 Å². The van der Waals surface area contributed by atoms with Gasteiger partial charge in [-0.15, -0.1) is 0 Å². The van der Waals surface area contributed by atoms with Gasteiger partial charge in [-0.1, -0.05) is 12.1 Å². The summed E-state index contributed by atoms with van der Waals surface area (Å²) >= 11 is 0. The molecule has 1 aromatic carbocycles. The van der Waals surface area contributed by atoms with Gasteiger partial charge in [0, 0.05) is 18.9 Å². The van der Waals surface area contributed by atoms with E-state index < -0.39 is 0 Å². The van der Waals surface area contributed by atoms with Gasteiger partial charge in [-0.25, -0.2) is 0 Å². The highest BCUT2D eigenvalue weighted by Gasteiger charge is 2.41. The molecule has 1 atom stereocenters. The number of hydrogen-bond donors (Lipinski definition) is 1. The summed E-state index contributed by atoms with van der Waals surface area (Å²) in [5.74, 6) is 1.08. The Morgan fingerprint density at radius 3 is 2.30 bits per heavy atom. The summed E-state index contributed by atoms with van der Waals surface area (Å²) in [5, 5.41) is 0. The van der Waals surface area contributed by atoms with Gasteiger partial charge in [-0.2, -0.15) is 0 Å². The molecule has 1 spiro atoms. The second-order valence-electron chi connectivity index (χ2n) is 5.74. The third-order valence-corrected chi connectivity index (χ3v) is 4.61. The van der Waals surface area contributed by atoms with E-state index in [2.05, 4.69) is 12.1 Å². The first-order valence-electron chi connectivity index (χ1n) is 7.40. The Bertz CT molecular complexity index is 430. The number of benzene rings is 1. The fourth-order valence-corrected chi connectivity index (χ4v) is 3.32. The molecule has 0 bridgehead atoms. The Labute approximate surface area is 120 Å². The summed E-state index contributed by atoms with van der Waals surface area (Å²) < 4.78 is 16.7. The van der Waals surface area contributed by atoms with E-state index in [1.807, 2.05) is 12.1 Å². The first-order valence-corrected chi connectivity index (χ1v) is 7.40. The fraction of sp³-hybridized carbons (Fsp3) is 0.625. The molecule has 2 fully saturated rings. The van der Waals surface area contributed by atoms with Crippen LogP contribution in [0.15, 0.2) is 24.3 Å². The van der Waals surface area contributed by atoms with Crippen molar-refractivity contribution in [2.24, 2.45) is 11.7 Å². The number of ether oxygens (including phenoxy) is 3. The van der Waals surface area contributed by atoms with Crippen molar-refractivity contribution in [3.63, 3.8) is 0 Å². The normalized spacial score (nSPS) is 23.9. The summed E-state index contributed by atoms with van der Waals surface area (Å²) in [7, 11) is 1.68. The van der Waals surface area contributed by atoms with Crippen LogP contribution in [0.4, 0.5) is 0 Å². The minimum Gasteiger partial charge on any atom is -0.497 e. The van der Waals surface area contributed by atoms with E-state index in [-0.39, 0.29) is 11.8 Å². The van der Waals surface area contributed by atoms with E-state index in [1.165, 1.54) is 5.56 Å². The minimum absolute atomic E-state index is 0.0830. The number of rotatable bonds is 3. The van der Waals surface area contributed by atoms with E-state index in [0.717, 1.165) is 44.6 Å². The van der Waals surface area contributed by atoms with Crippen molar-refractivity contribution in [3.8, 4) is 5.75 Å². The highest BCUT2D eigenvalue weighted by molar-refractivity contribution is 5.29. The van der Waals surface area contributed by atoms with Crippen LogP contribution in [0.5, 0.6) is 5.75 Å². The molecule has 2 N–H and O–H groups in total. The molecule has 1 heterocycles. The quantitative estimate of drug-likeness (QED) is 0.922. The van der Waals surface area contributed by atoms with Crippen molar-refractivity contribution in [2.45, 2.75) is 37.5 Å². The molecule has 2 aliphatic rings. The number of nitrogens with two attached hydrogens (primary N) is 1. The second-order valence-corrected chi connectivity index (χ2v) is 5.74. The van der Waals surface area contributed by atoms with Gasteiger partial charge in [-0.3, -0.25) is 0 Å². The minimum atomic E-state index is -0.296. The molecule has 0 radical (unpaired) electrons. The van der Waals surface area contributed by atoms with Crippen molar-refractivity contribution in [1.29, 1.82) is 0 Å². The van der Waals surface area contributed by atoms with Crippen LogP contribution >= 0.6 is 0 Å². The molecule has 1 aromatic rings. The molecule has 110 valence electrons. The van der Waals surface area contributed by atoms with E-state index in [1.54, 1.807) is 7.11 Å². The third kappa shape index (κ3) is 2.68. The maximum absolute atomic E-state index is 6.43. The van der Waals surface area contributed by atoms with E-state index in [0.29, 0.717) is 5.92 Å². The van der Waals surface area contributed by atoms with Crippen LogP contribution in [-0.2, 0) is 9.47 Å². The average molecular weight is 277 g/mol.